The summed E-state index contributed by atoms with van der Waals surface area (Å²) in [6.45, 7) is 1.98. The highest BCUT2D eigenvalue weighted by molar-refractivity contribution is 5.92. The first kappa shape index (κ1) is 16.3. The van der Waals surface area contributed by atoms with Gasteiger partial charge in [-0.25, -0.2) is 9.37 Å². The van der Waals surface area contributed by atoms with E-state index in [1.54, 1.807) is 25.4 Å². The molecule has 2 aromatic heterocycles. The molecular formula is C19H16FN3O3. The van der Waals surface area contributed by atoms with Gasteiger partial charge in [-0.15, -0.1) is 0 Å². The number of fused-ring (bicyclic) bond motifs is 1. The second-order valence-corrected chi connectivity index (χ2v) is 6.10. The van der Waals surface area contributed by atoms with Crippen molar-refractivity contribution in [1.29, 1.82) is 0 Å². The predicted molar refractivity (Wildman–Crippen MR) is 91.3 cm³/mol. The van der Waals surface area contributed by atoms with E-state index in [1.807, 2.05) is 6.07 Å². The molecule has 1 atom stereocenters. The van der Waals surface area contributed by atoms with Gasteiger partial charge in [0.1, 0.15) is 17.7 Å². The maximum Gasteiger partial charge on any atom is 0.289 e. The summed E-state index contributed by atoms with van der Waals surface area (Å²) in [5.74, 6) is 0.142. The van der Waals surface area contributed by atoms with E-state index in [4.69, 9.17) is 9.15 Å². The van der Waals surface area contributed by atoms with Crippen molar-refractivity contribution in [3.63, 3.8) is 0 Å². The molecule has 4 rings (SSSR count). The Balaban J connectivity index is 1.51. The molecule has 7 heteroatoms. The molecule has 0 unspecified atom stereocenters. The Morgan fingerprint density at radius 1 is 1.42 bits per heavy atom. The van der Waals surface area contributed by atoms with E-state index in [-0.39, 0.29) is 30.1 Å². The van der Waals surface area contributed by atoms with Gasteiger partial charge in [0, 0.05) is 35.5 Å². The number of benzene rings is 1. The number of oxazole rings is 1. The van der Waals surface area contributed by atoms with E-state index in [1.165, 1.54) is 18.5 Å². The highest BCUT2D eigenvalue weighted by atomic mass is 19.1. The van der Waals surface area contributed by atoms with E-state index >= 15 is 0 Å². The largest absolute Gasteiger partial charge is 0.487 e. The Labute approximate surface area is 149 Å². The summed E-state index contributed by atoms with van der Waals surface area (Å²) in [4.78, 5) is 20.1. The lowest BCUT2D eigenvalue weighted by atomic mass is 10.0. The number of carbonyl (C=O) groups excluding carboxylic acids is 1. The number of aromatic nitrogens is 2. The van der Waals surface area contributed by atoms with Crippen LogP contribution in [0, 0.1) is 12.7 Å². The molecule has 0 saturated heterocycles. The summed E-state index contributed by atoms with van der Waals surface area (Å²) in [6, 6.07) is 6.55. The van der Waals surface area contributed by atoms with Gasteiger partial charge in [-0.3, -0.25) is 9.78 Å². The van der Waals surface area contributed by atoms with Gasteiger partial charge in [0.2, 0.25) is 5.76 Å². The number of rotatable bonds is 4. The maximum absolute atomic E-state index is 14.0. The van der Waals surface area contributed by atoms with Crippen LogP contribution in [0.25, 0.3) is 11.1 Å². The van der Waals surface area contributed by atoms with Gasteiger partial charge in [0.15, 0.2) is 6.39 Å². The molecule has 1 aliphatic rings. The minimum Gasteiger partial charge on any atom is -0.487 e. The second kappa shape index (κ2) is 6.59. The zero-order valence-electron chi connectivity index (χ0n) is 14.0. The van der Waals surface area contributed by atoms with Gasteiger partial charge in [0.05, 0.1) is 12.2 Å². The Morgan fingerprint density at radius 3 is 3.04 bits per heavy atom. The van der Waals surface area contributed by atoms with Gasteiger partial charge in [0.25, 0.3) is 5.91 Å². The highest BCUT2D eigenvalue weighted by Gasteiger charge is 2.28. The lowest BCUT2D eigenvalue weighted by Crippen LogP contribution is -2.34. The number of amides is 1. The molecule has 0 radical (unpaired) electrons. The molecule has 3 aromatic rings. The third kappa shape index (κ3) is 3.03. The fourth-order valence-corrected chi connectivity index (χ4v) is 3.05. The van der Waals surface area contributed by atoms with Gasteiger partial charge in [-0.05, 0) is 25.1 Å². The molecule has 1 amide bonds. The van der Waals surface area contributed by atoms with Crippen molar-refractivity contribution < 1.29 is 18.3 Å². The van der Waals surface area contributed by atoms with Crippen molar-refractivity contribution in [3.8, 4) is 16.9 Å². The summed E-state index contributed by atoms with van der Waals surface area (Å²) in [5, 5.41) is 2.77. The zero-order valence-corrected chi connectivity index (χ0v) is 14.0. The molecule has 3 heterocycles. The Bertz CT molecular complexity index is 956. The van der Waals surface area contributed by atoms with Crippen molar-refractivity contribution in [2.75, 3.05) is 6.54 Å². The molecule has 0 spiro atoms. The number of halogens is 1. The number of pyridine rings is 1. The van der Waals surface area contributed by atoms with Crippen LogP contribution in [0.4, 0.5) is 4.39 Å². The minimum absolute atomic E-state index is 0.183. The smallest absolute Gasteiger partial charge is 0.289 e. The van der Waals surface area contributed by atoms with E-state index in [9.17, 15) is 9.18 Å². The lowest BCUT2D eigenvalue weighted by molar-refractivity contribution is 0.0905. The van der Waals surface area contributed by atoms with Crippen molar-refractivity contribution in [2.24, 2.45) is 0 Å². The molecule has 26 heavy (non-hydrogen) atoms. The predicted octanol–water partition coefficient (Wildman–Crippen LogP) is 2.92. The quantitative estimate of drug-likeness (QED) is 0.780. The topological polar surface area (TPSA) is 77.3 Å². The van der Waals surface area contributed by atoms with E-state index in [2.05, 4.69) is 15.3 Å². The van der Waals surface area contributed by atoms with Crippen molar-refractivity contribution >= 4 is 5.91 Å². The van der Waals surface area contributed by atoms with Crippen LogP contribution in [0.5, 0.6) is 5.75 Å². The maximum atomic E-state index is 14.0. The van der Waals surface area contributed by atoms with Gasteiger partial charge in [-0.1, -0.05) is 6.07 Å². The SMILES string of the molecule is Cc1ncoc1C(=O)NC[C@H]1Cc2cc(F)cc(-c3cccnc3)c2O1. The normalized spacial score (nSPS) is 15.4. The molecule has 0 saturated carbocycles. The Hall–Kier alpha value is -3.22. The van der Waals surface area contributed by atoms with Crippen LogP contribution in [0.3, 0.4) is 0 Å². The van der Waals surface area contributed by atoms with Crippen molar-refractivity contribution in [2.45, 2.75) is 19.4 Å². The van der Waals surface area contributed by atoms with Crippen LogP contribution in [0.2, 0.25) is 0 Å². The summed E-state index contributed by atoms with van der Waals surface area (Å²) in [7, 11) is 0. The van der Waals surface area contributed by atoms with Crippen LogP contribution in [0.15, 0.2) is 47.5 Å². The highest BCUT2D eigenvalue weighted by Crippen LogP contribution is 2.39. The summed E-state index contributed by atoms with van der Waals surface area (Å²) < 4.78 is 25.1. The fraction of sp³-hybridized carbons (Fsp3) is 0.211. The lowest BCUT2D eigenvalue weighted by Gasteiger charge is -2.13. The van der Waals surface area contributed by atoms with Crippen LogP contribution in [-0.4, -0.2) is 28.5 Å². The second-order valence-electron chi connectivity index (χ2n) is 6.10. The van der Waals surface area contributed by atoms with E-state index in [0.717, 1.165) is 11.1 Å². The van der Waals surface area contributed by atoms with Crippen LogP contribution in [0.1, 0.15) is 21.8 Å². The van der Waals surface area contributed by atoms with Crippen LogP contribution in [-0.2, 0) is 6.42 Å². The molecule has 6 nitrogen and oxygen atoms in total. The number of aryl methyl sites for hydroxylation is 1. The third-order valence-corrected chi connectivity index (χ3v) is 4.28. The molecule has 0 fully saturated rings. The van der Waals surface area contributed by atoms with Crippen LogP contribution >= 0.6 is 0 Å². The number of hydrogen-bond donors (Lipinski definition) is 1. The fourth-order valence-electron chi connectivity index (χ4n) is 3.05. The third-order valence-electron chi connectivity index (χ3n) is 4.28. The molecule has 1 aliphatic heterocycles. The van der Waals surface area contributed by atoms with Gasteiger partial charge in [-0.2, -0.15) is 0 Å². The summed E-state index contributed by atoms with van der Waals surface area (Å²) >= 11 is 0. The first-order valence-corrected chi connectivity index (χ1v) is 8.19. The number of nitrogens with zero attached hydrogens (tertiary/aromatic N) is 2. The summed E-state index contributed by atoms with van der Waals surface area (Å²) in [6.07, 6.45) is 4.79. The molecule has 1 N–H and O–H groups in total. The molecule has 132 valence electrons. The van der Waals surface area contributed by atoms with Gasteiger partial charge < -0.3 is 14.5 Å². The molecular weight excluding hydrogens is 337 g/mol. The van der Waals surface area contributed by atoms with Crippen LogP contribution < -0.4 is 10.1 Å². The number of ether oxygens (including phenoxy) is 1. The minimum atomic E-state index is -0.349. The van der Waals surface area contributed by atoms with Gasteiger partial charge >= 0.3 is 0 Å². The van der Waals surface area contributed by atoms with Crippen molar-refractivity contribution in [1.82, 2.24) is 15.3 Å². The number of carbonyl (C=O) groups is 1. The molecule has 0 bridgehead atoms. The monoisotopic (exact) mass is 353 g/mol. The molecule has 0 aliphatic carbocycles. The first-order valence-electron chi connectivity index (χ1n) is 8.19. The Kier molecular flexibility index (Phi) is 4.12. The molecule has 1 aromatic carbocycles. The Morgan fingerprint density at radius 2 is 2.31 bits per heavy atom. The number of nitrogens with one attached hydrogen (secondary N) is 1. The first-order chi connectivity index (χ1) is 12.6. The standard InChI is InChI=1S/C19H16FN3O3/c1-11-17(25-10-23-11)19(24)22-9-15-6-13-5-14(20)7-16(18(13)26-15)12-3-2-4-21-8-12/h2-5,7-8,10,15H,6,9H2,1H3,(H,22,24)/t15-/m1/s1. The van der Waals surface area contributed by atoms with E-state index in [0.29, 0.717) is 23.4 Å². The average molecular weight is 353 g/mol. The summed E-state index contributed by atoms with van der Waals surface area (Å²) in [5.41, 5.74) is 2.75. The van der Waals surface area contributed by atoms with Crippen molar-refractivity contribution in [3.05, 3.63) is 65.9 Å². The number of hydrogen-bond acceptors (Lipinski definition) is 5. The van der Waals surface area contributed by atoms with E-state index < -0.39 is 0 Å². The average Bonchev–Trinajstić information content (AvgIpc) is 3.25. The zero-order chi connectivity index (χ0) is 18.1.